The maximum Gasteiger partial charge on any atom is 0.191 e. The van der Waals surface area contributed by atoms with Crippen LogP contribution in [0.15, 0.2) is 4.99 Å². The molecule has 2 aliphatic heterocycles. The van der Waals surface area contributed by atoms with Crippen LogP contribution in [-0.4, -0.2) is 43.2 Å². The number of hydrogen-bond donors (Lipinski definition) is 1. The summed E-state index contributed by atoms with van der Waals surface area (Å²) in [6.45, 7) is 6.04. The molecule has 2 heterocycles. The average Bonchev–Trinajstić information content (AvgIpc) is 2.80. The van der Waals surface area contributed by atoms with E-state index in [1.165, 1.54) is 19.3 Å². The molecule has 0 amide bonds. The van der Waals surface area contributed by atoms with Crippen LogP contribution in [-0.2, 0) is 4.74 Å². The average molecular weight is 353 g/mol. The first-order valence-electron chi connectivity index (χ1n) is 6.42. The molecule has 0 aliphatic carbocycles. The zero-order valence-electron chi connectivity index (χ0n) is 10.6. The lowest BCUT2D eigenvalue weighted by molar-refractivity contribution is 0.117. The van der Waals surface area contributed by atoms with E-state index < -0.39 is 0 Å². The van der Waals surface area contributed by atoms with Gasteiger partial charge in [0.05, 0.1) is 12.6 Å². The molecular weight excluding hydrogens is 329 g/mol. The molecule has 2 fully saturated rings. The van der Waals surface area contributed by atoms with Gasteiger partial charge in [-0.05, 0) is 31.6 Å². The molecule has 0 saturated carbocycles. The number of nitrogens with zero attached hydrogens (tertiary/aromatic N) is 2. The van der Waals surface area contributed by atoms with Gasteiger partial charge in [-0.2, -0.15) is 0 Å². The summed E-state index contributed by atoms with van der Waals surface area (Å²) >= 11 is 0. The van der Waals surface area contributed by atoms with Gasteiger partial charge in [0.1, 0.15) is 0 Å². The first-order chi connectivity index (χ1) is 7.75. The molecule has 1 atom stereocenters. The monoisotopic (exact) mass is 353 g/mol. The van der Waals surface area contributed by atoms with Crippen LogP contribution in [0.5, 0.6) is 0 Å². The molecule has 1 unspecified atom stereocenters. The molecule has 5 heteroatoms. The second-order valence-electron chi connectivity index (χ2n) is 5.00. The van der Waals surface area contributed by atoms with E-state index in [9.17, 15) is 0 Å². The minimum absolute atomic E-state index is 0. The van der Waals surface area contributed by atoms with E-state index in [0.29, 0.717) is 12.1 Å². The summed E-state index contributed by atoms with van der Waals surface area (Å²) in [5.41, 5.74) is 5.99. The fourth-order valence-corrected chi connectivity index (χ4v) is 2.32. The lowest BCUT2D eigenvalue weighted by Crippen LogP contribution is -2.42. The van der Waals surface area contributed by atoms with Crippen LogP contribution in [0.2, 0.25) is 0 Å². The Labute approximate surface area is 121 Å². The molecule has 100 valence electrons. The zero-order chi connectivity index (χ0) is 11.4. The highest BCUT2D eigenvalue weighted by Crippen LogP contribution is 2.16. The molecule has 17 heavy (non-hydrogen) atoms. The summed E-state index contributed by atoms with van der Waals surface area (Å²) in [5, 5.41) is 0. The Hall–Kier alpha value is -0.0400. The lowest BCUT2D eigenvalue weighted by Gasteiger charge is -2.31. The maximum absolute atomic E-state index is 5.99. The SMILES string of the molecule is CC1CCN(C(N)=NCC2CCCO2)CC1.I. The van der Waals surface area contributed by atoms with Crippen LogP contribution in [0.1, 0.15) is 32.6 Å². The van der Waals surface area contributed by atoms with Crippen LogP contribution >= 0.6 is 24.0 Å². The largest absolute Gasteiger partial charge is 0.376 e. The van der Waals surface area contributed by atoms with E-state index in [-0.39, 0.29) is 24.0 Å². The van der Waals surface area contributed by atoms with Gasteiger partial charge in [0.25, 0.3) is 0 Å². The van der Waals surface area contributed by atoms with E-state index in [0.717, 1.165) is 38.6 Å². The highest BCUT2D eigenvalue weighted by Gasteiger charge is 2.18. The quantitative estimate of drug-likeness (QED) is 0.468. The van der Waals surface area contributed by atoms with Crippen molar-refractivity contribution in [3.63, 3.8) is 0 Å². The Kier molecular flexibility index (Phi) is 6.54. The zero-order valence-corrected chi connectivity index (χ0v) is 12.9. The Morgan fingerprint density at radius 3 is 2.65 bits per heavy atom. The van der Waals surface area contributed by atoms with Crippen LogP contribution in [0, 0.1) is 5.92 Å². The predicted molar refractivity (Wildman–Crippen MR) is 80.8 cm³/mol. The van der Waals surface area contributed by atoms with Crippen LogP contribution in [0.25, 0.3) is 0 Å². The van der Waals surface area contributed by atoms with Crippen LogP contribution < -0.4 is 5.73 Å². The van der Waals surface area contributed by atoms with Gasteiger partial charge in [-0.3, -0.25) is 4.99 Å². The van der Waals surface area contributed by atoms with Gasteiger partial charge < -0.3 is 15.4 Å². The first kappa shape index (κ1) is 15.0. The number of nitrogens with two attached hydrogens (primary N) is 1. The van der Waals surface area contributed by atoms with Gasteiger partial charge >= 0.3 is 0 Å². The second kappa shape index (κ2) is 7.41. The van der Waals surface area contributed by atoms with Crippen molar-refractivity contribution in [2.75, 3.05) is 26.2 Å². The number of rotatable bonds is 2. The normalized spacial score (nSPS) is 27.0. The first-order valence-corrected chi connectivity index (χ1v) is 6.42. The van der Waals surface area contributed by atoms with Crippen molar-refractivity contribution in [3.8, 4) is 0 Å². The molecule has 4 nitrogen and oxygen atoms in total. The fourth-order valence-electron chi connectivity index (χ4n) is 2.32. The van der Waals surface area contributed by atoms with Crippen molar-refractivity contribution in [1.82, 2.24) is 4.90 Å². The van der Waals surface area contributed by atoms with Crippen molar-refractivity contribution in [2.45, 2.75) is 38.7 Å². The predicted octanol–water partition coefficient (Wildman–Crippen LogP) is 1.83. The summed E-state index contributed by atoms with van der Waals surface area (Å²) in [4.78, 5) is 6.65. The van der Waals surface area contributed by atoms with Crippen LogP contribution in [0.3, 0.4) is 0 Å². The Bertz CT molecular complexity index is 246. The van der Waals surface area contributed by atoms with Crippen molar-refractivity contribution in [3.05, 3.63) is 0 Å². The molecular formula is C12H24IN3O. The summed E-state index contributed by atoms with van der Waals surface area (Å²) in [5.74, 6) is 1.55. The van der Waals surface area contributed by atoms with Crippen LogP contribution in [0.4, 0.5) is 0 Å². The van der Waals surface area contributed by atoms with Crippen molar-refractivity contribution >= 4 is 29.9 Å². The third-order valence-corrected chi connectivity index (χ3v) is 3.59. The molecule has 0 radical (unpaired) electrons. The smallest absolute Gasteiger partial charge is 0.191 e. The molecule has 0 aromatic heterocycles. The van der Waals surface area contributed by atoms with E-state index in [4.69, 9.17) is 10.5 Å². The van der Waals surface area contributed by atoms with E-state index in [2.05, 4.69) is 16.8 Å². The van der Waals surface area contributed by atoms with Gasteiger partial charge in [0.2, 0.25) is 0 Å². The van der Waals surface area contributed by atoms with Crippen molar-refractivity contribution in [1.29, 1.82) is 0 Å². The topological polar surface area (TPSA) is 50.8 Å². The molecule has 2 N–H and O–H groups in total. The van der Waals surface area contributed by atoms with Gasteiger partial charge in [-0.1, -0.05) is 6.92 Å². The van der Waals surface area contributed by atoms with Gasteiger partial charge in [0.15, 0.2) is 5.96 Å². The van der Waals surface area contributed by atoms with E-state index in [1.54, 1.807) is 0 Å². The highest BCUT2D eigenvalue weighted by atomic mass is 127. The summed E-state index contributed by atoms with van der Waals surface area (Å²) in [6, 6.07) is 0. The fraction of sp³-hybridized carbons (Fsp3) is 0.917. The lowest BCUT2D eigenvalue weighted by atomic mass is 10.00. The van der Waals surface area contributed by atoms with E-state index >= 15 is 0 Å². The number of likely N-dealkylation sites (tertiary alicyclic amines) is 1. The van der Waals surface area contributed by atoms with Crippen molar-refractivity contribution < 1.29 is 4.74 Å². The number of aliphatic imine (C=N–C) groups is 1. The molecule has 2 aliphatic rings. The molecule has 0 aromatic carbocycles. The Balaban J connectivity index is 0.00000144. The number of guanidine groups is 1. The molecule has 0 spiro atoms. The highest BCUT2D eigenvalue weighted by molar-refractivity contribution is 14.0. The molecule has 0 aromatic rings. The maximum atomic E-state index is 5.99. The summed E-state index contributed by atoms with van der Waals surface area (Å²) in [7, 11) is 0. The standard InChI is InChI=1S/C12H23N3O.HI/c1-10-4-6-15(7-5-10)12(13)14-9-11-3-2-8-16-11;/h10-11H,2-9H2,1H3,(H2,13,14);1H. The minimum atomic E-state index is 0. The van der Waals surface area contributed by atoms with E-state index in [1.807, 2.05) is 0 Å². The van der Waals surface area contributed by atoms with Gasteiger partial charge in [-0.15, -0.1) is 24.0 Å². The second-order valence-corrected chi connectivity index (χ2v) is 5.00. The van der Waals surface area contributed by atoms with Gasteiger partial charge in [-0.25, -0.2) is 0 Å². The van der Waals surface area contributed by atoms with Gasteiger partial charge in [0, 0.05) is 19.7 Å². The number of halogens is 1. The summed E-state index contributed by atoms with van der Waals surface area (Å²) < 4.78 is 5.53. The number of hydrogen-bond acceptors (Lipinski definition) is 2. The molecule has 2 saturated heterocycles. The van der Waals surface area contributed by atoms with Crippen molar-refractivity contribution in [2.24, 2.45) is 16.6 Å². The molecule has 0 bridgehead atoms. The Morgan fingerprint density at radius 2 is 2.06 bits per heavy atom. The third-order valence-electron chi connectivity index (χ3n) is 3.59. The summed E-state index contributed by atoms with van der Waals surface area (Å²) in [6.07, 6.45) is 5.07. The minimum Gasteiger partial charge on any atom is -0.376 e. The Morgan fingerprint density at radius 1 is 1.35 bits per heavy atom. The number of piperidine rings is 1. The molecule has 2 rings (SSSR count). The third kappa shape index (κ3) is 4.62. The number of ether oxygens (including phenoxy) is 1.